The highest BCUT2D eigenvalue weighted by Crippen LogP contribution is 2.29. The molecule has 0 bridgehead atoms. The van der Waals surface area contributed by atoms with Crippen molar-refractivity contribution in [3.8, 4) is 0 Å². The molecule has 0 spiro atoms. The molecule has 0 saturated carbocycles. The van der Waals surface area contributed by atoms with E-state index >= 15 is 0 Å². The lowest BCUT2D eigenvalue weighted by molar-refractivity contribution is -0.387. The minimum atomic E-state index is -4.55. The number of hydrogen-bond acceptors (Lipinski definition) is 5. The zero-order chi connectivity index (χ0) is 21.8. The third-order valence-corrected chi connectivity index (χ3v) is 4.62. The van der Waals surface area contributed by atoms with Crippen molar-refractivity contribution in [2.45, 2.75) is 18.0 Å². The first-order valence-corrected chi connectivity index (χ1v) is 9.33. The van der Waals surface area contributed by atoms with Gasteiger partial charge < -0.3 is 10.6 Å². The molecule has 2 N–H and O–H groups in total. The van der Waals surface area contributed by atoms with Gasteiger partial charge in [-0.05, 0) is 43.0 Å². The zero-order valence-corrected chi connectivity index (χ0v) is 16.1. The molecule has 11 heteroatoms. The molecule has 0 aliphatic heterocycles. The number of carbonyl (C=O) groups is 2. The molecule has 0 aliphatic carbocycles. The van der Waals surface area contributed by atoms with E-state index < -0.39 is 29.5 Å². The molecule has 0 atom stereocenters. The van der Waals surface area contributed by atoms with Crippen molar-refractivity contribution in [3.63, 3.8) is 0 Å². The van der Waals surface area contributed by atoms with E-state index in [1.54, 1.807) is 18.5 Å². The van der Waals surface area contributed by atoms with Crippen LogP contribution in [0.3, 0.4) is 0 Å². The standard InChI is InChI=1S/C18H16F3N3O4S/c1-10-3-4-11(16(25)22-9-18(19,20)21)7-13(10)23-17(26)12-5-6-15(29-2)14(8-12)24(27)28/h3-8H,9H2,1-2H3,(H,22,25)(H,23,26). The average molecular weight is 427 g/mol. The quantitative estimate of drug-likeness (QED) is 0.409. The lowest BCUT2D eigenvalue weighted by Gasteiger charge is -2.12. The Bertz CT molecular complexity index is 964. The van der Waals surface area contributed by atoms with Gasteiger partial charge in [0.1, 0.15) is 6.54 Å². The summed E-state index contributed by atoms with van der Waals surface area (Å²) < 4.78 is 36.8. The molecule has 2 rings (SSSR count). The number of nitro benzene ring substituents is 1. The number of nitrogens with zero attached hydrogens (tertiary/aromatic N) is 1. The van der Waals surface area contributed by atoms with Gasteiger partial charge in [0, 0.05) is 22.9 Å². The Balaban J connectivity index is 2.23. The Morgan fingerprint density at radius 1 is 1.10 bits per heavy atom. The lowest BCUT2D eigenvalue weighted by atomic mass is 10.1. The van der Waals surface area contributed by atoms with Crippen LogP contribution in [0.2, 0.25) is 0 Å². The van der Waals surface area contributed by atoms with Crippen molar-refractivity contribution in [1.29, 1.82) is 0 Å². The van der Waals surface area contributed by atoms with E-state index in [1.165, 1.54) is 30.3 Å². The van der Waals surface area contributed by atoms with Gasteiger partial charge in [0.05, 0.1) is 9.82 Å². The first-order valence-electron chi connectivity index (χ1n) is 8.11. The van der Waals surface area contributed by atoms with Gasteiger partial charge >= 0.3 is 6.18 Å². The summed E-state index contributed by atoms with van der Waals surface area (Å²) in [6, 6.07) is 8.04. The Morgan fingerprint density at radius 2 is 1.72 bits per heavy atom. The molecule has 0 heterocycles. The summed E-state index contributed by atoms with van der Waals surface area (Å²) in [6.07, 6.45) is -2.88. The molecule has 0 radical (unpaired) electrons. The molecule has 0 aromatic heterocycles. The summed E-state index contributed by atoms with van der Waals surface area (Å²) in [7, 11) is 0. The summed E-state index contributed by atoms with van der Waals surface area (Å²) in [4.78, 5) is 35.3. The summed E-state index contributed by atoms with van der Waals surface area (Å²) in [6.45, 7) is 0.152. The number of rotatable bonds is 6. The van der Waals surface area contributed by atoms with E-state index in [-0.39, 0.29) is 22.5 Å². The highest BCUT2D eigenvalue weighted by atomic mass is 32.2. The third-order valence-electron chi connectivity index (χ3n) is 3.84. The number of anilines is 1. The van der Waals surface area contributed by atoms with Gasteiger partial charge in [-0.3, -0.25) is 19.7 Å². The van der Waals surface area contributed by atoms with Gasteiger partial charge in [-0.15, -0.1) is 11.8 Å². The number of nitro groups is 1. The Kier molecular flexibility index (Phi) is 6.85. The topological polar surface area (TPSA) is 101 Å². The molecule has 0 saturated heterocycles. The minimum absolute atomic E-state index is 0.0285. The molecule has 7 nitrogen and oxygen atoms in total. The molecule has 154 valence electrons. The zero-order valence-electron chi connectivity index (χ0n) is 15.3. The van der Waals surface area contributed by atoms with Crippen LogP contribution in [0.5, 0.6) is 0 Å². The highest BCUT2D eigenvalue weighted by Gasteiger charge is 2.28. The van der Waals surface area contributed by atoms with Crippen LogP contribution in [0, 0.1) is 17.0 Å². The number of thioether (sulfide) groups is 1. The molecule has 2 amide bonds. The van der Waals surface area contributed by atoms with E-state index in [4.69, 9.17) is 0 Å². The maximum Gasteiger partial charge on any atom is 0.405 e. The fourth-order valence-corrected chi connectivity index (χ4v) is 2.90. The predicted octanol–water partition coefficient (Wildman–Crippen LogP) is 4.17. The highest BCUT2D eigenvalue weighted by molar-refractivity contribution is 7.98. The maximum atomic E-state index is 12.5. The number of alkyl halides is 3. The Morgan fingerprint density at radius 3 is 2.31 bits per heavy atom. The fourth-order valence-electron chi connectivity index (χ4n) is 2.35. The van der Waals surface area contributed by atoms with Crippen molar-refractivity contribution in [2.75, 3.05) is 18.1 Å². The number of hydrogen-bond donors (Lipinski definition) is 2. The van der Waals surface area contributed by atoms with Gasteiger partial charge in [0.15, 0.2) is 0 Å². The van der Waals surface area contributed by atoms with E-state index in [0.717, 1.165) is 17.8 Å². The fraction of sp³-hybridized carbons (Fsp3) is 0.222. The molecular formula is C18H16F3N3O4S. The van der Waals surface area contributed by atoms with E-state index in [0.29, 0.717) is 10.5 Å². The van der Waals surface area contributed by atoms with Gasteiger partial charge in [-0.2, -0.15) is 13.2 Å². The molecule has 29 heavy (non-hydrogen) atoms. The second-order valence-electron chi connectivity index (χ2n) is 5.93. The van der Waals surface area contributed by atoms with Crippen LogP contribution >= 0.6 is 11.8 Å². The molecular weight excluding hydrogens is 411 g/mol. The molecule has 0 unspecified atom stereocenters. The normalized spacial score (nSPS) is 11.1. The smallest absolute Gasteiger partial charge is 0.343 e. The summed E-state index contributed by atoms with van der Waals surface area (Å²) in [5.41, 5.74) is 0.494. The minimum Gasteiger partial charge on any atom is -0.343 e. The second kappa shape index (κ2) is 8.95. The van der Waals surface area contributed by atoms with E-state index in [9.17, 15) is 32.9 Å². The number of benzene rings is 2. The second-order valence-corrected chi connectivity index (χ2v) is 6.77. The van der Waals surface area contributed by atoms with Gasteiger partial charge in [-0.25, -0.2) is 0 Å². The van der Waals surface area contributed by atoms with Crippen molar-refractivity contribution in [3.05, 3.63) is 63.2 Å². The molecule has 2 aromatic carbocycles. The number of carbonyl (C=O) groups excluding carboxylic acids is 2. The van der Waals surface area contributed by atoms with E-state index in [2.05, 4.69) is 5.32 Å². The summed E-state index contributed by atoms with van der Waals surface area (Å²) in [5.74, 6) is -1.60. The summed E-state index contributed by atoms with van der Waals surface area (Å²) >= 11 is 1.16. The van der Waals surface area contributed by atoms with Crippen LogP contribution < -0.4 is 10.6 Å². The number of aryl methyl sites for hydroxylation is 1. The van der Waals surface area contributed by atoms with Crippen LogP contribution in [0.25, 0.3) is 0 Å². The largest absolute Gasteiger partial charge is 0.405 e. The first-order chi connectivity index (χ1) is 13.5. The predicted molar refractivity (Wildman–Crippen MR) is 102 cm³/mol. The molecule has 0 fully saturated rings. The van der Waals surface area contributed by atoms with Crippen LogP contribution in [0.4, 0.5) is 24.5 Å². The van der Waals surface area contributed by atoms with Crippen LogP contribution in [0.15, 0.2) is 41.3 Å². The number of amides is 2. The maximum absolute atomic E-state index is 12.5. The average Bonchev–Trinajstić information content (AvgIpc) is 2.66. The monoisotopic (exact) mass is 427 g/mol. The van der Waals surface area contributed by atoms with Crippen molar-refractivity contribution >= 4 is 35.0 Å². The summed E-state index contributed by atoms with van der Waals surface area (Å²) in [5, 5.41) is 15.4. The SMILES string of the molecule is CSc1ccc(C(=O)Nc2cc(C(=O)NCC(F)(F)F)ccc2C)cc1[N+](=O)[O-]. The Hall–Kier alpha value is -3.08. The molecule has 0 aliphatic rings. The lowest BCUT2D eigenvalue weighted by Crippen LogP contribution is -2.33. The van der Waals surface area contributed by atoms with Crippen molar-refractivity contribution < 1.29 is 27.7 Å². The van der Waals surface area contributed by atoms with Gasteiger partial charge in [-0.1, -0.05) is 6.07 Å². The van der Waals surface area contributed by atoms with Crippen LogP contribution in [0.1, 0.15) is 26.3 Å². The van der Waals surface area contributed by atoms with Crippen molar-refractivity contribution in [1.82, 2.24) is 5.32 Å². The van der Waals surface area contributed by atoms with Crippen molar-refractivity contribution in [2.24, 2.45) is 0 Å². The van der Waals surface area contributed by atoms with E-state index in [1.807, 2.05) is 0 Å². The first kappa shape index (κ1) is 22.2. The van der Waals surface area contributed by atoms with Crippen LogP contribution in [-0.4, -0.2) is 35.7 Å². The molecule has 2 aromatic rings. The van der Waals surface area contributed by atoms with Gasteiger partial charge in [0.25, 0.3) is 17.5 Å². The Labute approximate surface area is 167 Å². The van der Waals surface area contributed by atoms with Gasteiger partial charge in [0.2, 0.25) is 0 Å². The van der Waals surface area contributed by atoms with Crippen LogP contribution in [-0.2, 0) is 0 Å². The number of halogens is 3. The third kappa shape index (κ3) is 5.95. The number of nitrogens with one attached hydrogen (secondary N) is 2.